The zero-order valence-electron chi connectivity index (χ0n) is 15.0. The minimum absolute atomic E-state index is 0.0569. The van der Waals surface area contributed by atoms with Gasteiger partial charge in [-0.2, -0.15) is 4.98 Å². The molecule has 7 heteroatoms. The number of carbonyl (C=O) groups is 1. The predicted molar refractivity (Wildman–Crippen MR) is 89.9 cm³/mol. The van der Waals surface area contributed by atoms with Crippen LogP contribution in [0.5, 0.6) is 0 Å². The molecule has 24 heavy (non-hydrogen) atoms. The molecule has 0 saturated carbocycles. The average molecular weight is 331 g/mol. The van der Waals surface area contributed by atoms with Crippen LogP contribution < -0.4 is 0 Å². The van der Waals surface area contributed by atoms with Crippen LogP contribution in [-0.2, 0) is 6.54 Å². The third-order valence-corrected chi connectivity index (χ3v) is 4.88. The lowest BCUT2D eigenvalue weighted by Gasteiger charge is -2.37. The van der Waals surface area contributed by atoms with E-state index in [-0.39, 0.29) is 11.9 Å². The van der Waals surface area contributed by atoms with Crippen molar-refractivity contribution in [2.24, 2.45) is 0 Å². The summed E-state index contributed by atoms with van der Waals surface area (Å²) < 4.78 is 7.50. The summed E-state index contributed by atoms with van der Waals surface area (Å²) in [6, 6.07) is 1.93. The van der Waals surface area contributed by atoms with Crippen molar-refractivity contribution in [1.29, 1.82) is 0 Å². The Morgan fingerprint density at radius 3 is 2.67 bits per heavy atom. The fourth-order valence-corrected chi connectivity index (χ4v) is 3.45. The van der Waals surface area contributed by atoms with Crippen molar-refractivity contribution in [3.63, 3.8) is 0 Å². The first-order valence-electron chi connectivity index (χ1n) is 8.38. The second-order valence-corrected chi connectivity index (χ2v) is 6.46. The van der Waals surface area contributed by atoms with E-state index in [1.165, 1.54) is 0 Å². The van der Waals surface area contributed by atoms with Gasteiger partial charge >= 0.3 is 0 Å². The molecule has 1 atom stereocenters. The molecule has 7 nitrogen and oxygen atoms in total. The van der Waals surface area contributed by atoms with Crippen LogP contribution in [0.4, 0.5) is 0 Å². The number of hydrogen-bond acceptors (Lipinski definition) is 5. The Kier molecular flexibility index (Phi) is 4.45. The summed E-state index contributed by atoms with van der Waals surface area (Å²) in [4.78, 5) is 21.4. The van der Waals surface area contributed by atoms with Crippen molar-refractivity contribution in [2.75, 3.05) is 26.7 Å². The number of aryl methyl sites for hydroxylation is 2. The van der Waals surface area contributed by atoms with E-state index in [9.17, 15) is 4.79 Å². The predicted octanol–water partition coefficient (Wildman–Crippen LogP) is 1.95. The molecule has 1 aliphatic heterocycles. The molecule has 1 fully saturated rings. The average Bonchev–Trinajstić information content (AvgIpc) is 3.10. The van der Waals surface area contributed by atoms with E-state index in [2.05, 4.69) is 26.5 Å². The summed E-state index contributed by atoms with van der Waals surface area (Å²) in [6.45, 7) is 10.9. The molecule has 0 unspecified atom stereocenters. The second kappa shape index (κ2) is 6.39. The molecule has 1 saturated heterocycles. The number of hydrogen-bond donors (Lipinski definition) is 0. The normalized spacial score (nSPS) is 19.0. The van der Waals surface area contributed by atoms with E-state index < -0.39 is 0 Å². The van der Waals surface area contributed by atoms with E-state index in [1.54, 1.807) is 6.92 Å². The van der Waals surface area contributed by atoms with E-state index in [0.717, 1.165) is 30.0 Å². The number of likely N-dealkylation sites (N-methyl/N-ethyl adjacent to an activating group) is 1. The van der Waals surface area contributed by atoms with Gasteiger partial charge in [-0.25, -0.2) is 0 Å². The standard InChI is InChI=1S/C17H25N5O2/c1-6-22-11(2)9-14(12(22)3)17(23)21-8-7-20(5)15(10-21)16-18-13(4)19-24-16/h9,15H,6-8,10H2,1-5H3/t15-/m0/s1. The molecule has 0 spiro atoms. The first-order valence-corrected chi connectivity index (χ1v) is 8.38. The van der Waals surface area contributed by atoms with Crippen LogP contribution in [0.25, 0.3) is 0 Å². The minimum atomic E-state index is -0.0569. The molecule has 0 aromatic carbocycles. The third-order valence-electron chi connectivity index (χ3n) is 4.88. The Bertz CT molecular complexity index is 748. The minimum Gasteiger partial charge on any atom is -0.349 e. The summed E-state index contributed by atoms with van der Waals surface area (Å²) in [7, 11) is 2.02. The fraction of sp³-hybridized carbons (Fsp3) is 0.588. The summed E-state index contributed by atoms with van der Waals surface area (Å²) in [6.07, 6.45) is 0. The second-order valence-electron chi connectivity index (χ2n) is 6.46. The highest BCUT2D eigenvalue weighted by atomic mass is 16.5. The SMILES string of the molecule is CCn1c(C)cc(C(=O)N2CCN(C)[C@H](c3nc(C)no3)C2)c1C. The van der Waals surface area contributed by atoms with E-state index in [0.29, 0.717) is 24.8 Å². The van der Waals surface area contributed by atoms with Crippen molar-refractivity contribution in [3.8, 4) is 0 Å². The third kappa shape index (κ3) is 2.84. The molecule has 0 aliphatic carbocycles. The lowest BCUT2D eigenvalue weighted by atomic mass is 10.1. The largest absolute Gasteiger partial charge is 0.349 e. The zero-order valence-corrected chi connectivity index (χ0v) is 15.0. The van der Waals surface area contributed by atoms with Gasteiger partial charge in [-0.05, 0) is 40.8 Å². The van der Waals surface area contributed by atoms with E-state index in [1.807, 2.05) is 31.9 Å². The molecule has 3 rings (SSSR count). The Labute approximate surface area is 142 Å². The molecule has 2 aromatic rings. The summed E-state index contributed by atoms with van der Waals surface area (Å²) in [5.74, 6) is 1.28. The van der Waals surface area contributed by atoms with E-state index >= 15 is 0 Å². The van der Waals surface area contributed by atoms with Crippen LogP contribution in [0, 0.1) is 20.8 Å². The van der Waals surface area contributed by atoms with Gasteiger partial charge in [0.15, 0.2) is 5.82 Å². The highest BCUT2D eigenvalue weighted by Gasteiger charge is 2.33. The smallest absolute Gasteiger partial charge is 0.255 e. The molecule has 130 valence electrons. The van der Waals surface area contributed by atoms with Crippen LogP contribution >= 0.6 is 0 Å². The first-order chi connectivity index (χ1) is 11.4. The Hall–Kier alpha value is -2.15. The van der Waals surface area contributed by atoms with Gasteiger partial charge in [0, 0.05) is 37.6 Å². The fourth-order valence-electron chi connectivity index (χ4n) is 3.45. The van der Waals surface area contributed by atoms with Crippen molar-refractivity contribution in [3.05, 3.63) is 34.7 Å². The summed E-state index contributed by atoms with van der Waals surface area (Å²) in [5.41, 5.74) is 2.94. The maximum Gasteiger partial charge on any atom is 0.255 e. The molecular formula is C17H25N5O2. The van der Waals surface area contributed by atoms with Gasteiger partial charge < -0.3 is 14.0 Å². The van der Waals surface area contributed by atoms with Gasteiger partial charge in [0.2, 0.25) is 5.89 Å². The van der Waals surface area contributed by atoms with Crippen molar-refractivity contribution in [1.82, 2.24) is 24.5 Å². The van der Waals surface area contributed by atoms with Crippen molar-refractivity contribution >= 4 is 5.91 Å². The molecular weight excluding hydrogens is 306 g/mol. The highest BCUT2D eigenvalue weighted by Crippen LogP contribution is 2.25. The Balaban J connectivity index is 1.83. The highest BCUT2D eigenvalue weighted by molar-refractivity contribution is 5.95. The Morgan fingerprint density at radius 1 is 1.33 bits per heavy atom. The summed E-state index contributed by atoms with van der Waals surface area (Å²) in [5, 5.41) is 3.87. The number of amides is 1. The maximum atomic E-state index is 13.0. The van der Waals surface area contributed by atoms with Gasteiger partial charge in [-0.3, -0.25) is 9.69 Å². The Morgan fingerprint density at radius 2 is 2.08 bits per heavy atom. The number of nitrogens with zero attached hydrogens (tertiary/aromatic N) is 5. The molecule has 1 aliphatic rings. The first kappa shape index (κ1) is 16.7. The molecule has 2 aromatic heterocycles. The molecule has 0 N–H and O–H groups in total. The molecule has 1 amide bonds. The van der Waals surface area contributed by atoms with Crippen LogP contribution in [0.3, 0.4) is 0 Å². The number of piperazine rings is 1. The number of aromatic nitrogens is 3. The van der Waals surface area contributed by atoms with Crippen molar-refractivity contribution in [2.45, 2.75) is 40.3 Å². The van der Waals surface area contributed by atoms with Crippen LogP contribution in [0.15, 0.2) is 10.6 Å². The maximum absolute atomic E-state index is 13.0. The van der Waals surface area contributed by atoms with Gasteiger partial charge in [-0.15, -0.1) is 0 Å². The van der Waals surface area contributed by atoms with Crippen LogP contribution in [0.1, 0.15) is 46.4 Å². The van der Waals surface area contributed by atoms with E-state index in [4.69, 9.17) is 4.52 Å². The monoisotopic (exact) mass is 331 g/mol. The topological polar surface area (TPSA) is 67.4 Å². The lowest BCUT2D eigenvalue weighted by molar-refractivity contribution is 0.0488. The molecule has 0 bridgehead atoms. The van der Waals surface area contributed by atoms with Crippen LogP contribution in [-0.4, -0.2) is 57.1 Å². The van der Waals surface area contributed by atoms with Gasteiger partial charge in [0.25, 0.3) is 5.91 Å². The van der Waals surface area contributed by atoms with Gasteiger partial charge in [0.05, 0.1) is 5.56 Å². The van der Waals surface area contributed by atoms with Crippen molar-refractivity contribution < 1.29 is 9.32 Å². The quantitative estimate of drug-likeness (QED) is 0.860. The lowest BCUT2D eigenvalue weighted by Crippen LogP contribution is -2.49. The zero-order chi connectivity index (χ0) is 17.4. The molecule has 3 heterocycles. The number of carbonyl (C=O) groups excluding carboxylic acids is 1. The van der Waals surface area contributed by atoms with Gasteiger partial charge in [-0.1, -0.05) is 5.16 Å². The van der Waals surface area contributed by atoms with Gasteiger partial charge in [0.1, 0.15) is 6.04 Å². The van der Waals surface area contributed by atoms with Crippen LogP contribution in [0.2, 0.25) is 0 Å². The number of rotatable bonds is 3. The molecule has 0 radical (unpaired) electrons. The summed E-state index contributed by atoms with van der Waals surface area (Å²) >= 11 is 0.